The van der Waals surface area contributed by atoms with E-state index in [2.05, 4.69) is 21.8 Å². The molecule has 0 unspecified atom stereocenters. The lowest BCUT2D eigenvalue weighted by molar-refractivity contribution is -0.132. The summed E-state index contributed by atoms with van der Waals surface area (Å²) >= 11 is 5.96. The summed E-state index contributed by atoms with van der Waals surface area (Å²) in [4.78, 5) is 16.6. The molecule has 2 aromatic rings. The van der Waals surface area contributed by atoms with E-state index in [1.54, 1.807) is 24.1 Å². The van der Waals surface area contributed by atoms with Crippen LogP contribution in [0.1, 0.15) is 12.0 Å². The van der Waals surface area contributed by atoms with Crippen molar-refractivity contribution in [2.45, 2.75) is 17.7 Å². The predicted molar refractivity (Wildman–Crippen MR) is 121 cm³/mol. The Morgan fingerprint density at radius 2 is 1.74 bits per heavy atom. The molecule has 0 aliphatic carbocycles. The molecule has 7 nitrogen and oxygen atoms in total. The van der Waals surface area contributed by atoms with Gasteiger partial charge >= 0.3 is 0 Å². The lowest BCUT2D eigenvalue weighted by Crippen LogP contribution is -2.49. The Hall–Kier alpha value is -2.13. The number of hydrogen-bond donors (Lipinski definition) is 1. The SMILES string of the molecule is COc1ccc(CCN2CCN(C(=O)CCNS(=O)(=O)c3ccccc3Cl)CC2)cc1. The van der Waals surface area contributed by atoms with Gasteiger partial charge in [0.2, 0.25) is 15.9 Å². The van der Waals surface area contributed by atoms with Crippen molar-refractivity contribution in [1.29, 1.82) is 0 Å². The van der Waals surface area contributed by atoms with Gasteiger partial charge < -0.3 is 9.64 Å². The Kier molecular flexibility index (Phi) is 8.31. The molecule has 0 bridgehead atoms. The number of nitrogens with one attached hydrogen (secondary N) is 1. The first kappa shape index (κ1) is 23.5. The van der Waals surface area contributed by atoms with Crippen molar-refractivity contribution in [3.8, 4) is 5.75 Å². The molecular weight excluding hydrogens is 438 g/mol. The number of carbonyl (C=O) groups is 1. The van der Waals surface area contributed by atoms with E-state index in [0.717, 1.165) is 31.8 Å². The zero-order valence-electron chi connectivity index (χ0n) is 17.6. The number of piperazine rings is 1. The minimum absolute atomic E-state index is 0.0228. The molecule has 0 radical (unpaired) electrons. The predicted octanol–water partition coefficient (Wildman–Crippen LogP) is 2.40. The first-order valence-electron chi connectivity index (χ1n) is 10.3. The first-order chi connectivity index (χ1) is 14.9. The number of sulfonamides is 1. The number of carbonyl (C=O) groups excluding carboxylic acids is 1. The fourth-order valence-electron chi connectivity index (χ4n) is 3.49. The summed E-state index contributed by atoms with van der Waals surface area (Å²) in [6, 6.07) is 14.3. The van der Waals surface area contributed by atoms with Crippen LogP contribution in [0, 0.1) is 0 Å². The van der Waals surface area contributed by atoms with E-state index in [1.807, 2.05) is 12.1 Å². The molecule has 1 fully saturated rings. The van der Waals surface area contributed by atoms with E-state index >= 15 is 0 Å². The van der Waals surface area contributed by atoms with Crippen LogP contribution in [0.2, 0.25) is 5.02 Å². The van der Waals surface area contributed by atoms with Gasteiger partial charge in [0.15, 0.2) is 0 Å². The van der Waals surface area contributed by atoms with Gasteiger partial charge in [-0.1, -0.05) is 35.9 Å². The fourth-order valence-corrected chi connectivity index (χ4v) is 5.04. The van der Waals surface area contributed by atoms with Crippen molar-refractivity contribution in [2.75, 3.05) is 46.4 Å². The molecule has 1 amide bonds. The highest BCUT2D eigenvalue weighted by Gasteiger charge is 2.22. The minimum atomic E-state index is -3.73. The molecule has 1 saturated heterocycles. The van der Waals surface area contributed by atoms with Crippen LogP contribution in [0.5, 0.6) is 5.75 Å². The van der Waals surface area contributed by atoms with Gasteiger partial charge in [0, 0.05) is 45.7 Å². The number of amides is 1. The molecular formula is C22H28ClN3O4S. The standard InChI is InChI=1S/C22H28ClN3O4S/c1-30-19-8-6-18(7-9-19)11-13-25-14-16-26(17-15-25)22(27)10-12-24-31(28,29)21-5-3-2-4-20(21)23/h2-9,24H,10-17H2,1H3. The number of nitrogens with zero attached hydrogens (tertiary/aromatic N) is 2. The molecule has 31 heavy (non-hydrogen) atoms. The van der Waals surface area contributed by atoms with Crippen LogP contribution in [0.4, 0.5) is 0 Å². The fraction of sp³-hybridized carbons (Fsp3) is 0.409. The number of methoxy groups -OCH3 is 1. The highest BCUT2D eigenvalue weighted by molar-refractivity contribution is 7.89. The highest BCUT2D eigenvalue weighted by Crippen LogP contribution is 2.20. The van der Waals surface area contributed by atoms with Crippen LogP contribution in [0.25, 0.3) is 0 Å². The Balaban J connectivity index is 1.38. The molecule has 2 aromatic carbocycles. The third-order valence-corrected chi connectivity index (χ3v) is 7.32. The summed E-state index contributed by atoms with van der Waals surface area (Å²) in [7, 11) is -2.08. The van der Waals surface area contributed by atoms with Crippen LogP contribution in [0.3, 0.4) is 0 Å². The summed E-state index contributed by atoms with van der Waals surface area (Å²) in [6.45, 7) is 3.91. The van der Waals surface area contributed by atoms with E-state index in [9.17, 15) is 13.2 Å². The first-order valence-corrected chi connectivity index (χ1v) is 12.1. The van der Waals surface area contributed by atoms with Crippen LogP contribution in [0.15, 0.2) is 53.4 Å². The van der Waals surface area contributed by atoms with Crippen molar-refractivity contribution in [3.05, 3.63) is 59.1 Å². The Morgan fingerprint density at radius 1 is 1.06 bits per heavy atom. The molecule has 0 spiro atoms. The minimum Gasteiger partial charge on any atom is -0.497 e. The molecule has 1 aliphatic rings. The highest BCUT2D eigenvalue weighted by atomic mass is 35.5. The normalized spacial score (nSPS) is 15.1. The Morgan fingerprint density at radius 3 is 2.39 bits per heavy atom. The maximum absolute atomic E-state index is 12.5. The maximum atomic E-state index is 12.5. The van der Waals surface area contributed by atoms with Gasteiger partial charge in [-0.25, -0.2) is 13.1 Å². The van der Waals surface area contributed by atoms with Crippen LogP contribution in [-0.2, 0) is 21.2 Å². The van der Waals surface area contributed by atoms with Gasteiger partial charge in [-0.05, 0) is 36.2 Å². The van der Waals surface area contributed by atoms with E-state index in [0.29, 0.717) is 13.1 Å². The van der Waals surface area contributed by atoms with Gasteiger partial charge in [-0.15, -0.1) is 0 Å². The molecule has 9 heteroatoms. The Bertz CT molecular complexity index is 975. The second-order valence-electron chi connectivity index (χ2n) is 7.40. The van der Waals surface area contributed by atoms with Crippen molar-refractivity contribution >= 4 is 27.5 Å². The van der Waals surface area contributed by atoms with Gasteiger partial charge in [0.25, 0.3) is 0 Å². The summed E-state index contributed by atoms with van der Waals surface area (Å²) in [5.74, 6) is 0.807. The molecule has 1 N–H and O–H groups in total. The molecule has 0 saturated carbocycles. The summed E-state index contributed by atoms with van der Waals surface area (Å²) < 4.78 is 32.3. The van der Waals surface area contributed by atoms with Crippen molar-refractivity contribution in [2.24, 2.45) is 0 Å². The van der Waals surface area contributed by atoms with Crippen molar-refractivity contribution in [1.82, 2.24) is 14.5 Å². The van der Waals surface area contributed by atoms with Gasteiger partial charge in [0.05, 0.1) is 12.1 Å². The zero-order chi connectivity index (χ0) is 22.3. The quantitative estimate of drug-likeness (QED) is 0.615. The average Bonchev–Trinajstić information content (AvgIpc) is 2.78. The second kappa shape index (κ2) is 10.9. The van der Waals surface area contributed by atoms with Gasteiger partial charge in [-0.3, -0.25) is 9.69 Å². The number of hydrogen-bond acceptors (Lipinski definition) is 5. The molecule has 0 atom stereocenters. The third-order valence-electron chi connectivity index (χ3n) is 5.36. The summed E-state index contributed by atoms with van der Waals surface area (Å²) in [5.41, 5.74) is 1.25. The van der Waals surface area contributed by atoms with E-state index in [-0.39, 0.29) is 28.8 Å². The lowest BCUT2D eigenvalue weighted by atomic mass is 10.1. The van der Waals surface area contributed by atoms with E-state index in [1.165, 1.54) is 17.7 Å². The van der Waals surface area contributed by atoms with Crippen molar-refractivity contribution in [3.63, 3.8) is 0 Å². The lowest BCUT2D eigenvalue weighted by Gasteiger charge is -2.34. The van der Waals surface area contributed by atoms with E-state index < -0.39 is 10.0 Å². The zero-order valence-corrected chi connectivity index (χ0v) is 19.2. The van der Waals surface area contributed by atoms with Crippen molar-refractivity contribution < 1.29 is 17.9 Å². The number of rotatable bonds is 9. The average molecular weight is 466 g/mol. The summed E-state index contributed by atoms with van der Waals surface area (Å²) in [5, 5.41) is 0.159. The molecule has 1 heterocycles. The van der Waals surface area contributed by atoms with Crippen LogP contribution >= 0.6 is 11.6 Å². The molecule has 168 valence electrons. The topological polar surface area (TPSA) is 79.0 Å². The van der Waals surface area contributed by atoms with E-state index in [4.69, 9.17) is 16.3 Å². The smallest absolute Gasteiger partial charge is 0.242 e. The van der Waals surface area contributed by atoms with Crippen LogP contribution < -0.4 is 9.46 Å². The molecule has 3 rings (SSSR count). The third kappa shape index (κ3) is 6.67. The maximum Gasteiger partial charge on any atom is 0.242 e. The second-order valence-corrected chi connectivity index (χ2v) is 9.54. The number of benzene rings is 2. The Labute approximate surface area is 189 Å². The molecule has 1 aliphatic heterocycles. The molecule has 0 aromatic heterocycles. The monoisotopic (exact) mass is 465 g/mol. The van der Waals surface area contributed by atoms with Gasteiger partial charge in [0.1, 0.15) is 10.6 Å². The van der Waals surface area contributed by atoms with Crippen LogP contribution in [-0.4, -0.2) is 70.5 Å². The largest absolute Gasteiger partial charge is 0.497 e. The number of ether oxygens (including phenoxy) is 1. The summed E-state index contributed by atoms with van der Waals surface area (Å²) in [6.07, 6.45) is 1.07. The van der Waals surface area contributed by atoms with Gasteiger partial charge in [-0.2, -0.15) is 0 Å². The number of halogens is 1.